The Kier molecular flexibility index (Phi) is 4.04. The predicted molar refractivity (Wildman–Crippen MR) is 87.9 cm³/mol. The summed E-state index contributed by atoms with van der Waals surface area (Å²) in [6.07, 6.45) is 11.1. The summed E-state index contributed by atoms with van der Waals surface area (Å²) in [5.41, 5.74) is 2.09. The average Bonchev–Trinajstić information content (AvgIpc) is 3.29. The molecule has 0 radical (unpaired) electrons. The first-order valence-electron chi connectivity index (χ1n) is 8.08. The van der Waals surface area contributed by atoms with Crippen molar-refractivity contribution >= 4 is 0 Å². The molecule has 0 aliphatic carbocycles. The number of rotatable bonds is 4. The minimum Gasteiger partial charge on any atom is -0.290 e. The minimum atomic E-state index is -0.198. The van der Waals surface area contributed by atoms with Crippen LogP contribution in [0.5, 0.6) is 0 Å². The van der Waals surface area contributed by atoms with Gasteiger partial charge < -0.3 is 0 Å². The molecular weight excluding hydrogens is 305 g/mol. The summed E-state index contributed by atoms with van der Waals surface area (Å²) in [6.45, 7) is 1.81. The largest absolute Gasteiger partial charge is 0.290 e. The molecule has 0 bridgehead atoms. The molecule has 6 heteroatoms. The van der Waals surface area contributed by atoms with E-state index in [-0.39, 0.29) is 11.9 Å². The topological polar surface area (TPSA) is 46.8 Å². The van der Waals surface area contributed by atoms with Crippen molar-refractivity contribution in [2.24, 2.45) is 0 Å². The van der Waals surface area contributed by atoms with E-state index < -0.39 is 0 Å². The van der Waals surface area contributed by atoms with Crippen molar-refractivity contribution in [1.29, 1.82) is 0 Å². The molecule has 5 nitrogen and oxygen atoms in total. The first-order valence-corrected chi connectivity index (χ1v) is 8.08. The van der Waals surface area contributed by atoms with E-state index in [0.29, 0.717) is 0 Å². The highest BCUT2D eigenvalue weighted by Gasteiger charge is 2.27. The zero-order chi connectivity index (χ0) is 16.4. The lowest BCUT2D eigenvalue weighted by Gasteiger charge is -2.24. The van der Waals surface area contributed by atoms with Gasteiger partial charge >= 0.3 is 0 Å². The smallest absolute Gasteiger partial charge is 0.156 e. The van der Waals surface area contributed by atoms with Crippen LogP contribution in [0.15, 0.2) is 55.4 Å². The molecule has 0 saturated carbocycles. The molecule has 2 aromatic heterocycles. The summed E-state index contributed by atoms with van der Waals surface area (Å²) in [5, 5.41) is 0. The van der Waals surface area contributed by atoms with Gasteiger partial charge in [-0.3, -0.25) is 14.5 Å². The first-order chi connectivity index (χ1) is 11.8. The highest BCUT2D eigenvalue weighted by Crippen LogP contribution is 2.32. The van der Waals surface area contributed by atoms with E-state index >= 15 is 0 Å². The molecule has 1 aliphatic rings. The van der Waals surface area contributed by atoms with Crippen LogP contribution in [0.1, 0.15) is 30.1 Å². The Morgan fingerprint density at radius 1 is 1.12 bits per heavy atom. The lowest BCUT2D eigenvalue weighted by molar-refractivity contribution is 0.244. The van der Waals surface area contributed by atoms with Crippen LogP contribution in [0, 0.1) is 5.82 Å². The fraction of sp³-hybridized carbons (Fsp3) is 0.278. The molecule has 4 rings (SSSR count). The maximum atomic E-state index is 13.1. The van der Waals surface area contributed by atoms with Gasteiger partial charge in [0, 0.05) is 18.9 Å². The van der Waals surface area contributed by atoms with Crippen LogP contribution in [0.3, 0.4) is 0 Å². The second kappa shape index (κ2) is 6.49. The Hall–Kier alpha value is -2.60. The van der Waals surface area contributed by atoms with Gasteiger partial charge in [-0.1, -0.05) is 12.1 Å². The average molecular weight is 323 g/mol. The molecule has 122 valence electrons. The number of hydrogen-bond donors (Lipinski definition) is 0. The van der Waals surface area contributed by atoms with Crippen LogP contribution < -0.4 is 0 Å². The fourth-order valence-corrected chi connectivity index (χ4v) is 3.22. The summed E-state index contributed by atoms with van der Waals surface area (Å²) < 4.78 is 14.9. The van der Waals surface area contributed by atoms with Crippen LogP contribution in [0.25, 0.3) is 5.82 Å². The highest BCUT2D eigenvalue weighted by atomic mass is 19.1. The number of hydrogen-bond acceptors (Lipinski definition) is 4. The summed E-state index contributed by atoms with van der Waals surface area (Å²) in [5.74, 6) is 0.578. The van der Waals surface area contributed by atoms with Gasteiger partial charge in [0.2, 0.25) is 0 Å². The third-order valence-corrected chi connectivity index (χ3v) is 4.41. The van der Waals surface area contributed by atoms with Crippen molar-refractivity contribution < 1.29 is 4.39 Å². The molecule has 24 heavy (non-hydrogen) atoms. The lowest BCUT2D eigenvalue weighted by Crippen LogP contribution is -2.24. The van der Waals surface area contributed by atoms with E-state index in [4.69, 9.17) is 4.98 Å². The fourth-order valence-electron chi connectivity index (χ4n) is 3.22. The van der Waals surface area contributed by atoms with E-state index in [1.165, 1.54) is 12.1 Å². The SMILES string of the molecule is Fc1ccc(CN2CCC[C@@H]2c2cncc(-n3ccnc3)n2)cc1. The van der Waals surface area contributed by atoms with Crippen molar-refractivity contribution in [2.45, 2.75) is 25.4 Å². The first kappa shape index (κ1) is 15.0. The Morgan fingerprint density at radius 3 is 2.79 bits per heavy atom. The number of likely N-dealkylation sites (tertiary alicyclic amines) is 1. The number of halogens is 1. The molecule has 1 aromatic carbocycles. The van der Waals surface area contributed by atoms with E-state index in [2.05, 4.69) is 14.9 Å². The monoisotopic (exact) mass is 323 g/mol. The number of aromatic nitrogens is 4. The molecule has 0 unspecified atom stereocenters. The van der Waals surface area contributed by atoms with Crippen molar-refractivity contribution in [3.05, 3.63) is 72.5 Å². The quantitative estimate of drug-likeness (QED) is 0.740. The minimum absolute atomic E-state index is 0.198. The summed E-state index contributed by atoms with van der Waals surface area (Å²) in [6, 6.07) is 6.96. The zero-order valence-electron chi connectivity index (χ0n) is 13.2. The van der Waals surface area contributed by atoms with E-state index in [1.807, 2.05) is 29.1 Å². The number of benzene rings is 1. The molecule has 0 amide bonds. The van der Waals surface area contributed by atoms with Crippen LogP contribution in [0.4, 0.5) is 4.39 Å². The Labute approximate surface area is 139 Å². The van der Waals surface area contributed by atoms with Crippen LogP contribution in [0.2, 0.25) is 0 Å². The Morgan fingerprint density at radius 2 is 2.00 bits per heavy atom. The molecule has 1 fully saturated rings. The second-order valence-electron chi connectivity index (χ2n) is 6.03. The maximum Gasteiger partial charge on any atom is 0.156 e. The molecule has 3 heterocycles. The molecule has 1 atom stereocenters. The molecule has 0 N–H and O–H groups in total. The van der Waals surface area contributed by atoms with Crippen LogP contribution in [-0.2, 0) is 6.54 Å². The van der Waals surface area contributed by atoms with Gasteiger partial charge in [0.15, 0.2) is 5.82 Å². The van der Waals surface area contributed by atoms with E-state index in [9.17, 15) is 4.39 Å². The van der Waals surface area contributed by atoms with Crippen molar-refractivity contribution in [2.75, 3.05) is 6.54 Å². The van der Waals surface area contributed by atoms with Crippen molar-refractivity contribution in [1.82, 2.24) is 24.4 Å². The normalized spacial score (nSPS) is 18.1. The van der Waals surface area contributed by atoms with E-state index in [1.54, 1.807) is 18.7 Å². The van der Waals surface area contributed by atoms with Crippen molar-refractivity contribution in [3.63, 3.8) is 0 Å². The standard InChI is InChI=1S/C18H18FN5/c19-15-5-3-14(4-6-15)12-23-8-1-2-17(23)16-10-21-11-18(22-16)24-9-7-20-13-24/h3-7,9-11,13,17H,1-2,8,12H2/t17-/m1/s1. The zero-order valence-corrected chi connectivity index (χ0v) is 13.2. The highest BCUT2D eigenvalue weighted by molar-refractivity contribution is 5.22. The lowest BCUT2D eigenvalue weighted by atomic mass is 10.1. The van der Waals surface area contributed by atoms with E-state index in [0.717, 1.165) is 43.0 Å². The van der Waals surface area contributed by atoms with Crippen molar-refractivity contribution in [3.8, 4) is 5.82 Å². The molecule has 0 spiro atoms. The third kappa shape index (κ3) is 3.05. The second-order valence-corrected chi connectivity index (χ2v) is 6.03. The predicted octanol–water partition coefficient (Wildman–Crippen LogP) is 3.14. The summed E-state index contributed by atoms with van der Waals surface area (Å²) in [4.78, 5) is 15.6. The van der Waals surface area contributed by atoms with Gasteiger partial charge in [0.25, 0.3) is 0 Å². The number of imidazole rings is 1. The van der Waals surface area contributed by atoms with Crippen LogP contribution >= 0.6 is 0 Å². The molecule has 1 saturated heterocycles. The van der Waals surface area contributed by atoms with Gasteiger partial charge in [0.1, 0.15) is 12.1 Å². The van der Waals surface area contributed by atoms with Crippen LogP contribution in [-0.4, -0.2) is 31.0 Å². The summed E-state index contributed by atoms with van der Waals surface area (Å²) >= 11 is 0. The van der Waals surface area contributed by atoms with Gasteiger partial charge in [-0.15, -0.1) is 0 Å². The number of nitrogens with zero attached hydrogens (tertiary/aromatic N) is 5. The molecule has 1 aliphatic heterocycles. The third-order valence-electron chi connectivity index (χ3n) is 4.41. The van der Waals surface area contributed by atoms with Gasteiger partial charge in [-0.05, 0) is 37.1 Å². The van der Waals surface area contributed by atoms with Gasteiger partial charge in [-0.25, -0.2) is 14.4 Å². The molecule has 3 aromatic rings. The Balaban J connectivity index is 1.56. The van der Waals surface area contributed by atoms with Gasteiger partial charge in [-0.2, -0.15) is 0 Å². The van der Waals surface area contributed by atoms with Gasteiger partial charge in [0.05, 0.1) is 24.1 Å². The summed E-state index contributed by atoms with van der Waals surface area (Å²) in [7, 11) is 0. The molecular formula is C18H18FN5. The maximum absolute atomic E-state index is 13.1. The Bertz CT molecular complexity index is 801.